The highest BCUT2D eigenvalue weighted by atomic mass is 32.2. The Balaban J connectivity index is 1.63. The number of anilines is 2. The lowest BCUT2D eigenvalue weighted by molar-refractivity contribution is 0.159. The van der Waals surface area contributed by atoms with Gasteiger partial charge in [0.05, 0.1) is 46.5 Å². The van der Waals surface area contributed by atoms with E-state index in [0.29, 0.717) is 70.5 Å². The molecule has 0 spiro atoms. The molecular formula is C33H36N8O7S2. The summed E-state index contributed by atoms with van der Waals surface area (Å²) in [6.07, 6.45) is 0.691. The van der Waals surface area contributed by atoms with Crippen LogP contribution in [0.15, 0.2) is 98.0 Å². The maximum atomic E-state index is 11.7. The molecular weight excluding hydrogens is 685 g/mol. The zero-order valence-electron chi connectivity index (χ0n) is 27.4. The van der Waals surface area contributed by atoms with Gasteiger partial charge in [0.2, 0.25) is 0 Å². The Bertz CT molecular complexity index is 2150. The lowest BCUT2D eigenvalue weighted by Gasteiger charge is -2.16. The van der Waals surface area contributed by atoms with Gasteiger partial charge in [-0.1, -0.05) is 30.8 Å². The molecule has 0 aliphatic carbocycles. The van der Waals surface area contributed by atoms with Crippen LogP contribution in [0.3, 0.4) is 0 Å². The van der Waals surface area contributed by atoms with Gasteiger partial charge >= 0.3 is 0 Å². The molecule has 0 saturated heterocycles. The first-order chi connectivity index (χ1) is 24.0. The monoisotopic (exact) mass is 720 g/mol. The maximum absolute atomic E-state index is 11.7. The third-order valence-corrected chi connectivity index (χ3v) is 9.30. The van der Waals surface area contributed by atoms with Gasteiger partial charge in [-0.05, 0) is 49.7 Å². The second-order valence-corrected chi connectivity index (χ2v) is 14.1. The minimum atomic E-state index is -4.33. The predicted molar refractivity (Wildman–Crippen MR) is 191 cm³/mol. The van der Waals surface area contributed by atoms with Crippen molar-refractivity contribution in [2.75, 3.05) is 56.4 Å². The molecule has 0 bridgehead atoms. The number of aromatic nitrogens is 1. The normalized spacial score (nSPS) is 12.0. The zero-order valence-corrected chi connectivity index (χ0v) is 29.0. The van der Waals surface area contributed by atoms with Crippen LogP contribution in [0.25, 0.3) is 10.8 Å². The summed E-state index contributed by atoms with van der Waals surface area (Å²) in [5, 5.41) is 36.4. The molecule has 0 fully saturated rings. The minimum Gasteiger partial charge on any atom is -0.385 e. The molecule has 0 aliphatic heterocycles. The number of nitriles is 1. The lowest BCUT2D eigenvalue weighted by atomic mass is 10.1. The van der Waals surface area contributed by atoms with Gasteiger partial charge < -0.3 is 20.1 Å². The van der Waals surface area contributed by atoms with Gasteiger partial charge in [0.15, 0.2) is 15.7 Å². The Kier molecular flexibility index (Phi) is 13.2. The third kappa shape index (κ3) is 10.2. The molecule has 4 rings (SSSR count). The number of sulfone groups is 1. The number of rotatable bonds is 18. The van der Waals surface area contributed by atoms with Gasteiger partial charge in [-0.2, -0.15) is 18.8 Å². The fourth-order valence-electron chi connectivity index (χ4n) is 4.57. The van der Waals surface area contributed by atoms with Crippen molar-refractivity contribution in [2.24, 2.45) is 20.5 Å². The summed E-state index contributed by atoms with van der Waals surface area (Å²) < 4.78 is 65.8. The predicted octanol–water partition coefficient (Wildman–Crippen LogP) is 6.93. The molecule has 3 N–H and O–H groups in total. The number of hydrogen-bond acceptors (Lipinski definition) is 14. The smallest absolute Gasteiger partial charge is 0.294 e. The Morgan fingerprint density at radius 2 is 1.52 bits per heavy atom. The van der Waals surface area contributed by atoms with Crippen LogP contribution in [0.4, 0.5) is 34.4 Å². The molecule has 0 unspecified atom stereocenters. The van der Waals surface area contributed by atoms with E-state index in [-0.39, 0.29) is 30.4 Å². The van der Waals surface area contributed by atoms with Gasteiger partial charge in [-0.15, -0.1) is 15.3 Å². The van der Waals surface area contributed by atoms with E-state index < -0.39 is 20.0 Å². The second-order valence-electron chi connectivity index (χ2n) is 10.6. The van der Waals surface area contributed by atoms with Crippen molar-refractivity contribution in [3.8, 4) is 6.07 Å². The molecule has 0 saturated carbocycles. The number of ether oxygens (including phenoxy) is 2. The van der Waals surface area contributed by atoms with Crippen LogP contribution in [0, 0.1) is 18.3 Å². The van der Waals surface area contributed by atoms with E-state index in [9.17, 15) is 26.7 Å². The fourth-order valence-corrected chi connectivity index (χ4v) is 5.57. The Hall–Kier alpha value is -5.12. The van der Waals surface area contributed by atoms with E-state index in [2.05, 4.69) is 48.7 Å². The minimum absolute atomic E-state index is 0.00229. The van der Waals surface area contributed by atoms with Gasteiger partial charge in [0.25, 0.3) is 10.1 Å². The number of hydrogen-bond donors (Lipinski definition) is 3. The van der Waals surface area contributed by atoms with Crippen LogP contribution >= 0.6 is 0 Å². The Morgan fingerprint density at radius 1 is 0.880 bits per heavy atom. The van der Waals surface area contributed by atoms with Gasteiger partial charge in [-0.3, -0.25) is 4.55 Å². The largest absolute Gasteiger partial charge is 0.385 e. The highest BCUT2D eigenvalue weighted by Crippen LogP contribution is 2.38. The van der Waals surface area contributed by atoms with Crippen LogP contribution in [0.1, 0.15) is 17.5 Å². The zero-order chi connectivity index (χ0) is 36.1. The number of nitrogens with one attached hydrogen (secondary N) is 2. The molecule has 3 aromatic carbocycles. The maximum Gasteiger partial charge on any atom is 0.294 e. The quantitative estimate of drug-likeness (QED) is 0.0544. The molecule has 0 atom stereocenters. The summed E-state index contributed by atoms with van der Waals surface area (Å²) in [4.78, 5) is 4.40. The average molecular weight is 721 g/mol. The molecule has 4 aromatic rings. The van der Waals surface area contributed by atoms with Crippen molar-refractivity contribution in [3.05, 3.63) is 83.8 Å². The number of methoxy groups -OCH3 is 1. The van der Waals surface area contributed by atoms with Crippen molar-refractivity contribution in [3.63, 3.8) is 0 Å². The Morgan fingerprint density at radius 3 is 2.12 bits per heavy atom. The molecule has 15 nitrogen and oxygen atoms in total. The molecule has 262 valence electrons. The SMILES string of the molecule is C=CS(=O)(=O)CCOCCNc1nc(NCCCOC)c(C#N)c(C)c1N=Nc1ccc(N=Nc2ccc(S(=O)(=O)O)cc2)c2ccccc12. The number of benzene rings is 3. The van der Waals surface area contributed by atoms with E-state index >= 15 is 0 Å². The van der Waals surface area contributed by atoms with Crippen molar-refractivity contribution >= 4 is 65.1 Å². The van der Waals surface area contributed by atoms with Crippen LogP contribution in [0.2, 0.25) is 0 Å². The third-order valence-electron chi connectivity index (χ3n) is 7.19. The molecule has 0 radical (unpaired) electrons. The van der Waals surface area contributed by atoms with Crippen LogP contribution in [-0.2, 0) is 29.4 Å². The lowest BCUT2D eigenvalue weighted by Crippen LogP contribution is -2.16. The number of nitrogens with zero attached hydrogens (tertiary/aromatic N) is 6. The number of fused-ring (bicyclic) bond motifs is 1. The van der Waals surface area contributed by atoms with Crippen LogP contribution < -0.4 is 10.6 Å². The molecule has 0 amide bonds. The topological polar surface area (TPSA) is 217 Å². The summed E-state index contributed by atoms with van der Waals surface area (Å²) in [7, 11) is -6.10. The molecule has 50 heavy (non-hydrogen) atoms. The molecule has 1 aromatic heterocycles. The summed E-state index contributed by atoms with van der Waals surface area (Å²) in [6.45, 7) is 6.53. The molecule has 0 aliphatic rings. The summed E-state index contributed by atoms with van der Waals surface area (Å²) in [6, 6.07) is 18.3. The highest BCUT2D eigenvalue weighted by Gasteiger charge is 2.18. The first-order valence-electron chi connectivity index (χ1n) is 15.2. The number of azo groups is 2. The van der Waals surface area contributed by atoms with Crippen LogP contribution in [0.5, 0.6) is 0 Å². The standard InChI is InChI=1S/C33H36N8O7S2/c1-4-49(42,43)21-20-48-19-17-36-33-31(23(2)28(22-34)32(37-33)35-16-7-18-47-3)41-40-30-15-14-29(26-8-5-6-9-27(26)30)39-38-24-10-12-25(13-11-24)50(44,45)46/h4-6,8-15H,1,7,16-21H2,2-3H3,(H2,35,36,37)(H,44,45,46). The van der Waals surface area contributed by atoms with Crippen molar-refractivity contribution < 1.29 is 30.9 Å². The summed E-state index contributed by atoms with van der Waals surface area (Å²) in [5.74, 6) is 0.530. The Labute approximate surface area is 290 Å². The van der Waals surface area contributed by atoms with E-state index in [1.807, 2.05) is 24.3 Å². The highest BCUT2D eigenvalue weighted by molar-refractivity contribution is 7.94. The van der Waals surface area contributed by atoms with E-state index in [1.54, 1.807) is 26.2 Å². The molecule has 1 heterocycles. The molecule has 17 heteroatoms. The van der Waals surface area contributed by atoms with E-state index in [4.69, 9.17) is 9.47 Å². The summed E-state index contributed by atoms with van der Waals surface area (Å²) in [5.41, 5.74) is 2.59. The van der Waals surface area contributed by atoms with Crippen molar-refractivity contribution in [1.29, 1.82) is 5.26 Å². The first kappa shape index (κ1) is 37.7. The van der Waals surface area contributed by atoms with Gasteiger partial charge in [0.1, 0.15) is 17.6 Å². The van der Waals surface area contributed by atoms with Gasteiger partial charge in [0, 0.05) is 48.6 Å². The van der Waals surface area contributed by atoms with E-state index in [1.165, 1.54) is 24.3 Å². The first-order valence-corrected chi connectivity index (χ1v) is 18.4. The fraction of sp³-hybridized carbons (Fsp3) is 0.273. The van der Waals surface area contributed by atoms with Crippen molar-refractivity contribution in [1.82, 2.24) is 4.98 Å². The van der Waals surface area contributed by atoms with Crippen molar-refractivity contribution in [2.45, 2.75) is 18.2 Å². The van der Waals surface area contributed by atoms with Crippen LogP contribution in [-0.4, -0.2) is 72.1 Å². The number of pyridine rings is 1. The average Bonchev–Trinajstić information content (AvgIpc) is 3.10. The second kappa shape index (κ2) is 17.5. The van der Waals surface area contributed by atoms with Gasteiger partial charge in [-0.25, -0.2) is 13.4 Å². The summed E-state index contributed by atoms with van der Waals surface area (Å²) >= 11 is 0. The van der Waals surface area contributed by atoms with E-state index in [0.717, 1.165) is 10.8 Å².